The average molecular weight is 285 g/mol. The number of sulfonamides is 1. The standard InChI is InChI=1S/C13H23N3O2S/c1-4-16(5-2)12-8-6-7-11(13(12)14)9-10-15-19(3,17)18/h6-8,15H,4-5,9-10,14H2,1-3H3. The van der Waals surface area contributed by atoms with E-state index < -0.39 is 10.0 Å². The van der Waals surface area contributed by atoms with Crippen LogP contribution in [0.2, 0.25) is 0 Å². The van der Waals surface area contributed by atoms with E-state index in [4.69, 9.17) is 5.73 Å². The summed E-state index contributed by atoms with van der Waals surface area (Å²) in [6, 6.07) is 5.89. The molecule has 3 N–H and O–H groups in total. The molecule has 6 heteroatoms. The first-order valence-electron chi connectivity index (χ1n) is 6.46. The van der Waals surface area contributed by atoms with Crippen LogP contribution in [0.3, 0.4) is 0 Å². The van der Waals surface area contributed by atoms with Crippen molar-refractivity contribution in [1.82, 2.24) is 4.72 Å². The summed E-state index contributed by atoms with van der Waals surface area (Å²) >= 11 is 0. The molecule has 1 aromatic rings. The highest BCUT2D eigenvalue weighted by Crippen LogP contribution is 2.26. The van der Waals surface area contributed by atoms with E-state index in [1.54, 1.807) is 0 Å². The van der Waals surface area contributed by atoms with E-state index in [1.807, 2.05) is 18.2 Å². The maximum absolute atomic E-state index is 11.0. The van der Waals surface area contributed by atoms with Crippen LogP contribution in [0.4, 0.5) is 11.4 Å². The lowest BCUT2D eigenvalue weighted by Gasteiger charge is -2.24. The highest BCUT2D eigenvalue weighted by Gasteiger charge is 2.10. The molecule has 0 amide bonds. The van der Waals surface area contributed by atoms with Crippen LogP contribution in [-0.2, 0) is 16.4 Å². The number of nitrogens with zero attached hydrogens (tertiary/aromatic N) is 1. The third-order valence-electron chi connectivity index (χ3n) is 3.04. The number of hydrogen-bond donors (Lipinski definition) is 2. The largest absolute Gasteiger partial charge is 0.397 e. The van der Waals surface area contributed by atoms with Gasteiger partial charge in [-0.05, 0) is 31.9 Å². The number of benzene rings is 1. The number of nitrogens with two attached hydrogens (primary N) is 1. The zero-order valence-corrected chi connectivity index (χ0v) is 12.6. The van der Waals surface area contributed by atoms with Crippen molar-refractivity contribution in [3.63, 3.8) is 0 Å². The fraction of sp³-hybridized carbons (Fsp3) is 0.538. The molecule has 1 rings (SSSR count). The quantitative estimate of drug-likeness (QED) is 0.738. The Morgan fingerprint density at radius 3 is 2.42 bits per heavy atom. The van der Waals surface area contributed by atoms with Crippen molar-refractivity contribution < 1.29 is 8.42 Å². The molecule has 0 aromatic heterocycles. The van der Waals surface area contributed by atoms with Gasteiger partial charge in [0.15, 0.2) is 0 Å². The molecule has 5 nitrogen and oxygen atoms in total. The summed E-state index contributed by atoms with van der Waals surface area (Å²) in [4.78, 5) is 2.18. The van der Waals surface area contributed by atoms with Gasteiger partial charge in [-0.25, -0.2) is 13.1 Å². The fourth-order valence-corrected chi connectivity index (χ4v) is 2.50. The molecule has 0 aliphatic carbocycles. The maximum Gasteiger partial charge on any atom is 0.208 e. The van der Waals surface area contributed by atoms with Crippen molar-refractivity contribution in [2.24, 2.45) is 0 Å². The molecule has 0 radical (unpaired) electrons. The van der Waals surface area contributed by atoms with Crippen LogP contribution in [0.1, 0.15) is 19.4 Å². The fourth-order valence-electron chi connectivity index (χ4n) is 2.03. The number of para-hydroxylation sites is 1. The second-order valence-electron chi connectivity index (χ2n) is 4.44. The van der Waals surface area contributed by atoms with E-state index in [9.17, 15) is 8.42 Å². The average Bonchev–Trinajstić information content (AvgIpc) is 2.33. The van der Waals surface area contributed by atoms with Gasteiger partial charge < -0.3 is 10.6 Å². The van der Waals surface area contributed by atoms with Gasteiger partial charge in [0, 0.05) is 19.6 Å². The Morgan fingerprint density at radius 1 is 1.26 bits per heavy atom. The molecule has 0 atom stereocenters. The molecule has 19 heavy (non-hydrogen) atoms. The third kappa shape index (κ3) is 4.72. The first-order chi connectivity index (χ1) is 8.89. The number of anilines is 2. The zero-order valence-electron chi connectivity index (χ0n) is 11.8. The molecule has 0 aliphatic heterocycles. The Balaban J connectivity index is 2.83. The van der Waals surface area contributed by atoms with Crippen molar-refractivity contribution in [1.29, 1.82) is 0 Å². The first kappa shape index (κ1) is 15.8. The summed E-state index contributed by atoms with van der Waals surface area (Å²) in [7, 11) is -3.14. The van der Waals surface area contributed by atoms with Crippen molar-refractivity contribution >= 4 is 21.4 Å². The zero-order chi connectivity index (χ0) is 14.5. The molecule has 0 unspecified atom stereocenters. The summed E-state index contributed by atoms with van der Waals surface area (Å²) in [5.74, 6) is 0. The Hall–Kier alpha value is -1.27. The summed E-state index contributed by atoms with van der Waals surface area (Å²) in [6.07, 6.45) is 1.75. The predicted molar refractivity (Wildman–Crippen MR) is 81.0 cm³/mol. The molecule has 0 fully saturated rings. The summed E-state index contributed by atoms with van der Waals surface area (Å²) in [6.45, 7) is 6.32. The lowest BCUT2D eigenvalue weighted by atomic mass is 10.1. The van der Waals surface area contributed by atoms with Crippen LogP contribution in [0, 0.1) is 0 Å². The SMILES string of the molecule is CCN(CC)c1cccc(CCNS(C)(=O)=O)c1N. The molecule has 0 bridgehead atoms. The third-order valence-corrected chi connectivity index (χ3v) is 3.76. The number of hydrogen-bond acceptors (Lipinski definition) is 4. The van der Waals surface area contributed by atoms with Gasteiger partial charge in [0.2, 0.25) is 10.0 Å². The van der Waals surface area contributed by atoms with Crippen LogP contribution in [0.5, 0.6) is 0 Å². The van der Waals surface area contributed by atoms with Gasteiger partial charge in [-0.3, -0.25) is 0 Å². The molecule has 0 spiro atoms. The van der Waals surface area contributed by atoms with Crippen LogP contribution in [-0.4, -0.2) is 34.3 Å². The van der Waals surface area contributed by atoms with E-state index in [2.05, 4.69) is 23.5 Å². The summed E-state index contributed by atoms with van der Waals surface area (Å²) in [5.41, 5.74) is 8.89. The van der Waals surface area contributed by atoms with Crippen molar-refractivity contribution in [3.05, 3.63) is 23.8 Å². The smallest absolute Gasteiger partial charge is 0.208 e. The van der Waals surface area contributed by atoms with Gasteiger partial charge in [0.25, 0.3) is 0 Å². The number of nitrogen functional groups attached to an aromatic ring is 1. The Morgan fingerprint density at radius 2 is 1.89 bits per heavy atom. The number of rotatable bonds is 7. The van der Waals surface area contributed by atoms with Gasteiger partial charge in [-0.15, -0.1) is 0 Å². The number of nitrogens with one attached hydrogen (secondary N) is 1. The van der Waals surface area contributed by atoms with Gasteiger partial charge in [0.1, 0.15) is 0 Å². The van der Waals surface area contributed by atoms with Crippen LogP contribution in [0.25, 0.3) is 0 Å². The van der Waals surface area contributed by atoms with Gasteiger partial charge in [-0.1, -0.05) is 12.1 Å². The van der Waals surface area contributed by atoms with E-state index >= 15 is 0 Å². The first-order valence-corrected chi connectivity index (χ1v) is 8.35. The highest BCUT2D eigenvalue weighted by atomic mass is 32.2. The molecular weight excluding hydrogens is 262 g/mol. The van der Waals surface area contributed by atoms with Crippen molar-refractivity contribution in [2.75, 3.05) is 36.5 Å². The minimum Gasteiger partial charge on any atom is -0.397 e. The Bertz CT molecular complexity index is 511. The Labute approximate surface area is 115 Å². The predicted octanol–water partition coefficient (Wildman–Crippen LogP) is 1.21. The van der Waals surface area contributed by atoms with Gasteiger partial charge in [-0.2, -0.15) is 0 Å². The maximum atomic E-state index is 11.0. The van der Waals surface area contributed by atoms with Gasteiger partial charge >= 0.3 is 0 Å². The molecule has 0 aliphatic rings. The monoisotopic (exact) mass is 285 g/mol. The molecule has 1 aromatic carbocycles. The van der Waals surface area contributed by atoms with E-state index in [-0.39, 0.29) is 0 Å². The second kappa shape index (κ2) is 6.77. The van der Waals surface area contributed by atoms with E-state index in [0.717, 1.165) is 36.3 Å². The van der Waals surface area contributed by atoms with E-state index in [1.165, 1.54) is 0 Å². The molecule has 0 heterocycles. The van der Waals surface area contributed by atoms with Crippen LogP contribution in [0.15, 0.2) is 18.2 Å². The lowest BCUT2D eigenvalue weighted by Crippen LogP contribution is -2.25. The van der Waals surface area contributed by atoms with Crippen LogP contribution >= 0.6 is 0 Å². The molecule has 108 valence electrons. The molecule has 0 saturated carbocycles. The molecule has 0 saturated heterocycles. The summed E-state index contributed by atoms with van der Waals surface area (Å²) in [5, 5.41) is 0. The topological polar surface area (TPSA) is 75.4 Å². The molecular formula is C13H23N3O2S. The van der Waals surface area contributed by atoms with Crippen molar-refractivity contribution in [3.8, 4) is 0 Å². The Kier molecular flexibility index (Phi) is 5.62. The second-order valence-corrected chi connectivity index (χ2v) is 6.27. The minimum atomic E-state index is -3.14. The van der Waals surface area contributed by atoms with Gasteiger partial charge in [0.05, 0.1) is 17.6 Å². The minimum absolute atomic E-state index is 0.366. The lowest BCUT2D eigenvalue weighted by molar-refractivity contribution is 0.588. The summed E-state index contributed by atoms with van der Waals surface area (Å²) < 4.78 is 24.5. The highest BCUT2D eigenvalue weighted by molar-refractivity contribution is 7.88. The van der Waals surface area contributed by atoms with Crippen molar-refractivity contribution in [2.45, 2.75) is 20.3 Å². The normalized spacial score (nSPS) is 11.5. The van der Waals surface area contributed by atoms with E-state index in [0.29, 0.717) is 13.0 Å². The van der Waals surface area contributed by atoms with Crippen LogP contribution < -0.4 is 15.4 Å².